The zero-order chi connectivity index (χ0) is 15.4. The number of ether oxygens (including phenoxy) is 1. The molecule has 0 aliphatic carbocycles. The van der Waals surface area contributed by atoms with Gasteiger partial charge in [-0.1, -0.05) is 17.7 Å². The number of hydrogen-bond donors (Lipinski definition) is 1. The number of aryl methyl sites for hydroxylation is 1. The lowest BCUT2D eigenvalue weighted by molar-refractivity contribution is -0.131. The molecule has 3 nitrogen and oxygen atoms in total. The molecule has 0 radical (unpaired) electrons. The first kappa shape index (κ1) is 15.1. The molecule has 0 atom stereocenters. The van der Waals surface area contributed by atoms with Crippen molar-refractivity contribution in [1.82, 2.24) is 0 Å². The summed E-state index contributed by atoms with van der Waals surface area (Å²) in [6.07, 6.45) is 2.21. The van der Waals surface area contributed by atoms with Crippen molar-refractivity contribution in [2.45, 2.75) is 6.92 Å². The van der Waals surface area contributed by atoms with Gasteiger partial charge in [0.15, 0.2) is 0 Å². The van der Waals surface area contributed by atoms with Crippen molar-refractivity contribution in [2.24, 2.45) is 0 Å². The summed E-state index contributed by atoms with van der Waals surface area (Å²) < 4.78 is 19.1. The first-order valence-electron chi connectivity index (χ1n) is 6.09. The molecule has 0 aliphatic rings. The van der Waals surface area contributed by atoms with Crippen molar-refractivity contribution in [3.8, 4) is 11.5 Å². The Kier molecular flexibility index (Phi) is 4.60. The molecule has 0 saturated carbocycles. The largest absolute Gasteiger partial charge is 0.478 e. The van der Waals surface area contributed by atoms with Gasteiger partial charge in [0.2, 0.25) is 0 Å². The maximum absolute atomic E-state index is 13.5. The Hall–Kier alpha value is -2.33. The van der Waals surface area contributed by atoms with E-state index in [-0.39, 0.29) is 5.75 Å². The Morgan fingerprint density at radius 2 is 2.05 bits per heavy atom. The lowest BCUT2D eigenvalue weighted by Crippen LogP contribution is -1.90. The Morgan fingerprint density at radius 1 is 1.29 bits per heavy atom. The molecule has 0 aliphatic heterocycles. The van der Waals surface area contributed by atoms with Gasteiger partial charge in [-0.05, 0) is 48.4 Å². The van der Waals surface area contributed by atoms with Crippen LogP contribution in [0.25, 0.3) is 6.08 Å². The minimum absolute atomic E-state index is 0.241. The summed E-state index contributed by atoms with van der Waals surface area (Å²) in [6.45, 7) is 1.90. The number of carboxylic acids is 1. The number of rotatable bonds is 4. The standard InChI is InChI=1S/C16H12ClFO3/c1-10-2-4-15(14(17)6-10)21-13-8-11(3-5-16(19)20)7-12(18)9-13/h2-9H,1H3,(H,19,20)/b5-3+. The van der Waals surface area contributed by atoms with Gasteiger partial charge < -0.3 is 9.84 Å². The van der Waals surface area contributed by atoms with Gasteiger partial charge in [0, 0.05) is 12.1 Å². The monoisotopic (exact) mass is 306 g/mol. The average Bonchev–Trinajstić information content (AvgIpc) is 2.39. The van der Waals surface area contributed by atoms with Gasteiger partial charge in [-0.15, -0.1) is 0 Å². The lowest BCUT2D eigenvalue weighted by Gasteiger charge is -2.09. The Balaban J connectivity index is 2.29. The summed E-state index contributed by atoms with van der Waals surface area (Å²) in [5, 5.41) is 9.00. The number of benzene rings is 2. The van der Waals surface area contributed by atoms with E-state index in [0.29, 0.717) is 16.3 Å². The van der Waals surface area contributed by atoms with Crippen LogP contribution in [-0.4, -0.2) is 11.1 Å². The fraction of sp³-hybridized carbons (Fsp3) is 0.0625. The van der Waals surface area contributed by atoms with Gasteiger partial charge in [0.05, 0.1) is 5.02 Å². The van der Waals surface area contributed by atoms with Crippen LogP contribution in [0.2, 0.25) is 5.02 Å². The first-order valence-corrected chi connectivity index (χ1v) is 6.47. The minimum Gasteiger partial charge on any atom is -0.478 e. The normalized spacial score (nSPS) is 10.8. The van der Waals surface area contributed by atoms with Crippen molar-refractivity contribution in [2.75, 3.05) is 0 Å². The van der Waals surface area contributed by atoms with Crippen LogP contribution in [0.4, 0.5) is 4.39 Å². The second-order valence-corrected chi connectivity index (χ2v) is 4.83. The third-order valence-electron chi connectivity index (χ3n) is 2.63. The van der Waals surface area contributed by atoms with Crippen LogP contribution in [0.3, 0.4) is 0 Å². The van der Waals surface area contributed by atoms with Crippen molar-refractivity contribution in [3.05, 3.63) is 64.4 Å². The van der Waals surface area contributed by atoms with E-state index >= 15 is 0 Å². The third kappa shape index (κ3) is 4.33. The van der Waals surface area contributed by atoms with E-state index in [2.05, 4.69) is 0 Å². The Bertz CT molecular complexity index is 711. The third-order valence-corrected chi connectivity index (χ3v) is 2.92. The summed E-state index contributed by atoms with van der Waals surface area (Å²) in [6, 6.07) is 9.19. The second kappa shape index (κ2) is 6.41. The molecule has 0 bridgehead atoms. The van der Waals surface area contributed by atoms with E-state index in [0.717, 1.165) is 11.6 Å². The van der Waals surface area contributed by atoms with Gasteiger partial charge in [0.1, 0.15) is 17.3 Å². The minimum atomic E-state index is -1.11. The van der Waals surface area contributed by atoms with Crippen molar-refractivity contribution < 1.29 is 19.0 Å². The molecule has 0 amide bonds. The van der Waals surface area contributed by atoms with E-state index in [9.17, 15) is 9.18 Å². The van der Waals surface area contributed by atoms with Crippen LogP contribution >= 0.6 is 11.6 Å². The zero-order valence-electron chi connectivity index (χ0n) is 11.1. The molecule has 21 heavy (non-hydrogen) atoms. The number of halogens is 2. The predicted molar refractivity (Wildman–Crippen MR) is 79.3 cm³/mol. The quantitative estimate of drug-likeness (QED) is 0.834. The summed E-state index contributed by atoms with van der Waals surface area (Å²) >= 11 is 6.05. The highest BCUT2D eigenvalue weighted by Crippen LogP contribution is 2.31. The molecule has 0 spiro atoms. The van der Waals surface area contributed by atoms with Gasteiger partial charge >= 0.3 is 5.97 Å². The van der Waals surface area contributed by atoms with Crippen LogP contribution in [0.1, 0.15) is 11.1 Å². The topological polar surface area (TPSA) is 46.5 Å². The lowest BCUT2D eigenvalue weighted by atomic mass is 10.2. The van der Waals surface area contributed by atoms with Crippen molar-refractivity contribution >= 4 is 23.6 Å². The van der Waals surface area contributed by atoms with Crippen LogP contribution < -0.4 is 4.74 Å². The SMILES string of the molecule is Cc1ccc(Oc2cc(F)cc(/C=C/C(=O)O)c2)c(Cl)c1. The van der Waals surface area contributed by atoms with E-state index in [4.69, 9.17) is 21.4 Å². The molecule has 5 heteroatoms. The summed E-state index contributed by atoms with van der Waals surface area (Å²) in [5.74, 6) is -0.990. The van der Waals surface area contributed by atoms with Crippen LogP contribution in [0.15, 0.2) is 42.5 Å². The van der Waals surface area contributed by atoms with E-state index in [1.807, 2.05) is 13.0 Å². The fourth-order valence-electron chi connectivity index (χ4n) is 1.72. The Labute approximate surface area is 126 Å². The molecule has 2 aromatic carbocycles. The Morgan fingerprint density at radius 3 is 2.71 bits per heavy atom. The van der Waals surface area contributed by atoms with Gasteiger partial charge in [-0.3, -0.25) is 0 Å². The molecule has 0 unspecified atom stereocenters. The number of carboxylic acid groups (broad SMARTS) is 1. The highest BCUT2D eigenvalue weighted by molar-refractivity contribution is 6.32. The predicted octanol–water partition coefficient (Wildman–Crippen LogP) is 4.68. The zero-order valence-corrected chi connectivity index (χ0v) is 11.9. The van der Waals surface area contributed by atoms with Gasteiger partial charge in [-0.2, -0.15) is 0 Å². The second-order valence-electron chi connectivity index (χ2n) is 4.43. The molecule has 2 rings (SSSR count). The summed E-state index contributed by atoms with van der Waals surface area (Å²) in [5.41, 5.74) is 1.37. The number of aliphatic carboxylic acids is 1. The van der Waals surface area contributed by atoms with E-state index < -0.39 is 11.8 Å². The fourth-order valence-corrected chi connectivity index (χ4v) is 2.00. The molecular formula is C16H12ClFO3. The average molecular weight is 307 g/mol. The van der Waals surface area contributed by atoms with Crippen LogP contribution in [-0.2, 0) is 4.79 Å². The van der Waals surface area contributed by atoms with E-state index in [1.165, 1.54) is 24.3 Å². The highest BCUT2D eigenvalue weighted by atomic mass is 35.5. The maximum Gasteiger partial charge on any atom is 0.328 e. The van der Waals surface area contributed by atoms with Gasteiger partial charge in [0.25, 0.3) is 0 Å². The smallest absolute Gasteiger partial charge is 0.328 e. The highest BCUT2D eigenvalue weighted by Gasteiger charge is 2.06. The molecule has 0 fully saturated rings. The summed E-state index contributed by atoms with van der Waals surface area (Å²) in [4.78, 5) is 10.5. The van der Waals surface area contributed by atoms with Crippen molar-refractivity contribution in [3.63, 3.8) is 0 Å². The molecule has 108 valence electrons. The molecule has 2 aromatic rings. The molecule has 0 saturated heterocycles. The molecular weight excluding hydrogens is 295 g/mol. The van der Waals surface area contributed by atoms with Crippen LogP contribution in [0, 0.1) is 12.7 Å². The van der Waals surface area contributed by atoms with Gasteiger partial charge in [-0.25, -0.2) is 9.18 Å². The number of hydrogen-bond acceptors (Lipinski definition) is 2. The first-order chi connectivity index (χ1) is 9.94. The van der Waals surface area contributed by atoms with Crippen molar-refractivity contribution in [1.29, 1.82) is 0 Å². The molecule has 0 aromatic heterocycles. The molecule has 1 N–H and O–H groups in total. The maximum atomic E-state index is 13.5. The summed E-state index contributed by atoms with van der Waals surface area (Å²) in [7, 11) is 0. The van der Waals surface area contributed by atoms with Crippen LogP contribution in [0.5, 0.6) is 11.5 Å². The molecule has 0 heterocycles. The van der Waals surface area contributed by atoms with E-state index in [1.54, 1.807) is 12.1 Å². The number of carbonyl (C=O) groups is 1.